The van der Waals surface area contributed by atoms with Crippen LogP contribution in [0.4, 0.5) is 0 Å². The molecule has 0 aromatic carbocycles. The summed E-state index contributed by atoms with van der Waals surface area (Å²) in [5.74, 6) is 2.65. The molecule has 0 amide bonds. The molecule has 3 heteroatoms. The lowest BCUT2D eigenvalue weighted by Crippen LogP contribution is -2.17. The maximum Gasteiger partial charge on any atom is 0.195 e. The second-order valence-electron chi connectivity index (χ2n) is 5.34. The number of hydrogen-bond donors (Lipinski definition) is 1. The van der Waals surface area contributed by atoms with Gasteiger partial charge < -0.3 is 9.73 Å². The summed E-state index contributed by atoms with van der Waals surface area (Å²) in [7, 11) is 0. The Bertz CT molecular complexity index is 327. The lowest BCUT2D eigenvalue weighted by molar-refractivity contribution is 0.401. The molecule has 1 fully saturated rings. The third-order valence-electron chi connectivity index (χ3n) is 3.77. The van der Waals surface area contributed by atoms with Crippen LogP contribution in [0.25, 0.3) is 0 Å². The average Bonchev–Trinajstić information content (AvgIpc) is 2.69. The summed E-state index contributed by atoms with van der Waals surface area (Å²) >= 11 is 0. The van der Waals surface area contributed by atoms with E-state index in [-0.39, 0.29) is 0 Å². The van der Waals surface area contributed by atoms with E-state index in [0.29, 0.717) is 5.92 Å². The minimum Gasteiger partial charge on any atom is -0.445 e. The Balaban J connectivity index is 1.81. The van der Waals surface area contributed by atoms with E-state index >= 15 is 0 Å². The molecule has 1 aliphatic carbocycles. The van der Waals surface area contributed by atoms with E-state index in [0.717, 1.165) is 31.2 Å². The molecule has 18 heavy (non-hydrogen) atoms. The summed E-state index contributed by atoms with van der Waals surface area (Å²) in [5.41, 5.74) is 0. The van der Waals surface area contributed by atoms with Crippen LogP contribution in [0.2, 0.25) is 0 Å². The van der Waals surface area contributed by atoms with Crippen LogP contribution in [-0.2, 0) is 6.42 Å². The van der Waals surface area contributed by atoms with E-state index in [1.165, 1.54) is 44.9 Å². The van der Waals surface area contributed by atoms with Crippen LogP contribution in [-0.4, -0.2) is 18.1 Å². The van der Waals surface area contributed by atoms with Gasteiger partial charge in [-0.3, -0.25) is 0 Å². The first-order chi connectivity index (χ1) is 8.90. The molecule has 0 radical (unpaired) electrons. The van der Waals surface area contributed by atoms with Gasteiger partial charge in [0, 0.05) is 18.9 Å². The molecule has 0 bridgehead atoms. The van der Waals surface area contributed by atoms with Gasteiger partial charge in [-0.05, 0) is 25.8 Å². The van der Waals surface area contributed by atoms with Gasteiger partial charge in [-0.2, -0.15) is 0 Å². The molecule has 1 N–H and O–H groups in total. The molecule has 1 aliphatic rings. The third kappa shape index (κ3) is 4.13. The summed E-state index contributed by atoms with van der Waals surface area (Å²) in [6.45, 7) is 4.23. The van der Waals surface area contributed by atoms with Crippen molar-refractivity contribution in [2.24, 2.45) is 0 Å². The quantitative estimate of drug-likeness (QED) is 0.618. The highest BCUT2D eigenvalue weighted by atomic mass is 16.4. The molecule has 1 aromatic heterocycles. The Morgan fingerprint density at radius 2 is 2.00 bits per heavy atom. The van der Waals surface area contributed by atoms with E-state index in [4.69, 9.17) is 4.42 Å². The van der Waals surface area contributed by atoms with Crippen molar-refractivity contribution in [2.75, 3.05) is 13.1 Å². The molecule has 0 atom stereocenters. The summed E-state index contributed by atoms with van der Waals surface area (Å²) in [6.07, 6.45) is 12.1. The Labute approximate surface area is 110 Å². The lowest BCUT2D eigenvalue weighted by atomic mass is 9.98. The van der Waals surface area contributed by atoms with Crippen LogP contribution >= 0.6 is 0 Å². The zero-order chi connectivity index (χ0) is 12.6. The van der Waals surface area contributed by atoms with Crippen molar-refractivity contribution in [3.63, 3.8) is 0 Å². The smallest absolute Gasteiger partial charge is 0.195 e. The number of hydrogen-bond acceptors (Lipinski definition) is 3. The van der Waals surface area contributed by atoms with Gasteiger partial charge in [-0.25, -0.2) is 4.98 Å². The third-order valence-corrected chi connectivity index (χ3v) is 3.77. The highest BCUT2D eigenvalue weighted by molar-refractivity contribution is 5.02. The predicted molar refractivity (Wildman–Crippen MR) is 73.8 cm³/mol. The predicted octanol–water partition coefficient (Wildman–Crippen LogP) is 3.65. The van der Waals surface area contributed by atoms with Crippen LogP contribution in [0.1, 0.15) is 69.4 Å². The number of rotatable bonds is 6. The first-order valence-corrected chi connectivity index (χ1v) is 7.55. The first-order valence-electron chi connectivity index (χ1n) is 7.55. The molecule has 1 heterocycles. The fraction of sp³-hybridized carbons (Fsp3) is 0.800. The molecule has 1 aromatic rings. The van der Waals surface area contributed by atoms with Crippen LogP contribution in [0.15, 0.2) is 10.6 Å². The highest BCUT2D eigenvalue weighted by Crippen LogP contribution is 2.31. The van der Waals surface area contributed by atoms with E-state index < -0.39 is 0 Å². The molecular formula is C15H26N2O. The van der Waals surface area contributed by atoms with Crippen molar-refractivity contribution >= 4 is 0 Å². The maximum atomic E-state index is 5.91. The number of nitrogens with one attached hydrogen (secondary N) is 1. The first kappa shape index (κ1) is 13.6. The van der Waals surface area contributed by atoms with Crippen LogP contribution in [0.5, 0.6) is 0 Å². The van der Waals surface area contributed by atoms with Gasteiger partial charge in [0.2, 0.25) is 0 Å². The van der Waals surface area contributed by atoms with Gasteiger partial charge in [-0.15, -0.1) is 0 Å². The van der Waals surface area contributed by atoms with E-state index in [1.54, 1.807) is 0 Å². The van der Waals surface area contributed by atoms with Crippen molar-refractivity contribution in [1.29, 1.82) is 0 Å². The van der Waals surface area contributed by atoms with Gasteiger partial charge >= 0.3 is 0 Å². The summed E-state index contributed by atoms with van der Waals surface area (Å²) < 4.78 is 5.91. The van der Waals surface area contributed by atoms with Gasteiger partial charge in [-0.1, -0.05) is 32.6 Å². The molecule has 0 spiro atoms. The molecule has 0 saturated heterocycles. The Hall–Kier alpha value is -0.830. The summed E-state index contributed by atoms with van der Waals surface area (Å²) in [6, 6.07) is 0. The zero-order valence-electron chi connectivity index (χ0n) is 11.6. The van der Waals surface area contributed by atoms with Crippen LogP contribution in [0.3, 0.4) is 0 Å². The SMILES string of the molecule is CCCNCCc1ncc(C2CCCCCC2)o1. The topological polar surface area (TPSA) is 38.1 Å². The molecule has 1 saturated carbocycles. The lowest BCUT2D eigenvalue weighted by Gasteiger charge is -2.09. The van der Waals surface area contributed by atoms with E-state index in [2.05, 4.69) is 17.2 Å². The molecule has 102 valence electrons. The molecule has 0 unspecified atom stereocenters. The minimum absolute atomic E-state index is 0.623. The van der Waals surface area contributed by atoms with E-state index in [1.807, 2.05) is 6.20 Å². The number of nitrogens with zero attached hydrogens (tertiary/aromatic N) is 1. The average molecular weight is 250 g/mol. The van der Waals surface area contributed by atoms with Gasteiger partial charge in [0.1, 0.15) is 5.76 Å². The Morgan fingerprint density at radius 1 is 1.22 bits per heavy atom. The normalized spacial score (nSPS) is 17.8. The Morgan fingerprint density at radius 3 is 2.72 bits per heavy atom. The maximum absolute atomic E-state index is 5.91. The molecule has 2 rings (SSSR count). The van der Waals surface area contributed by atoms with Crippen molar-refractivity contribution < 1.29 is 4.42 Å². The highest BCUT2D eigenvalue weighted by Gasteiger charge is 2.18. The summed E-state index contributed by atoms with van der Waals surface area (Å²) in [5, 5.41) is 3.38. The van der Waals surface area contributed by atoms with Gasteiger partial charge in [0.05, 0.1) is 6.20 Å². The standard InChI is InChI=1S/C15H26N2O/c1-2-10-16-11-9-15-17-12-14(18-15)13-7-5-3-4-6-8-13/h12-13,16H,2-11H2,1H3. The fourth-order valence-electron chi connectivity index (χ4n) is 2.69. The van der Waals surface area contributed by atoms with Gasteiger partial charge in [0.15, 0.2) is 5.89 Å². The molecule has 3 nitrogen and oxygen atoms in total. The summed E-state index contributed by atoms with van der Waals surface area (Å²) in [4.78, 5) is 4.41. The van der Waals surface area contributed by atoms with Crippen LogP contribution < -0.4 is 5.32 Å². The van der Waals surface area contributed by atoms with Crippen molar-refractivity contribution in [3.8, 4) is 0 Å². The van der Waals surface area contributed by atoms with Crippen LogP contribution in [0, 0.1) is 0 Å². The fourth-order valence-corrected chi connectivity index (χ4v) is 2.69. The Kier molecular flexibility index (Phi) is 5.72. The minimum atomic E-state index is 0.623. The second-order valence-corrected chi connectivity index (χ2v) is 5.34. The number of oxazole rings is 1. The van der Waals surface area contributed by atoms with Crippen molar-refractivity contribution in [2.45, 2.75) is 64.2 Å². The molecule has 0 aliphatic heterocycles. The van der Waals surface area contributed by atoms with Crippen molar-refractivity contribution in [1.82, 2.24) is 10.3 Å². The largest absolute Gasteiger partial charge is 0.445 e. The second kappa shape index (κ2) is 7.57. The number of aromatic nitrogens is 1. The van der Waals surface area contributed by atoms with E-state index in [9.17, 15) is 0 Å². The van der Waals surface area contributed by atoms with Gasteiger partial charge in [0.25, 0.3) is 0 Å². The monoisotopic (exact) mass is 250 g/mol. The van der Waals surface area contributed by atoms with Crippen molar-refractivity contribution in [3.05, 3.63) is 17.8 Å². The molecular weight excluding hydrogens is 224 g/mol. The zero-order valence-corrected chi connectivity index (χ0v) is 11.6.